The first-order valence-corrected chi connectivity index (χ1v) is 9.11. The lowest BCUT2D eigenvalue weighted by Crippen LogP contribution is -2.10. The number of fused-ring (bicyclic) bond motifs is 3. The van der Waals surface area contributed by atoms with Gasteiger partial charge in [-0.3, -0.25) is 0 Å². The lowest BCUT2D eigenvalue weighted by molar-refractivity contribution is 0.261. The minimum atomic E-state index is -0.242. The van der Waals surface area contributed by atoms with Crippen LogP contribution in [0.1, 0.15) is 29.2 Å². The zero-order chi connectivity index (χ0) is 16.8. The van der Waals surface area contributed by atoms with Gasteiger partial charge in [-0.1, -0.05) is 23.7 Å². The molecule has 1 atom stereocenters. The van der Waals surface area contributed by atoms with E-state index in [1.54, 1.807) is 6.07 Å². The molecule has 3 aromatic rings. The van der Waals surface area contributed by atoms with Gasteiger partial charge in [0.1, 0.15) is 5.82 Å². The Bertz CT molecular complexity index is 920. The van der Waals surface area contributed by atoms with Crippen molar-refractivity contribution in [2.24, 2.45) is 0 Å². The van der Waals surface area contributed by atoms with Crippen LogP contribution in [0, 0.1) is 5.82 Å². The number of hydrogen-bond donors (Lipinski definition) is 1. The van der Waals surface area contributed by atoms with E-state index >= 15 is 0 Å². The largest absolute Gasteiger partial charge is 0.396 e. The van der Waals surface area contributed by atoms with E-state index in [0.29, 0.717) is 11.6 Å². The molecule has 1 aromatic heterocycles. The first-order chi connectivity index (χ1) is 11.6. The fourth-order valence-electron chi connectivity index (χ4n) is 3.79. The van der Waals surface area contributed by atoms with E-state index in [2.05, 4.69) is 20.5 Å². The number of rotatable bonds is 3. The van der Waals surface area contributed by atoms with Crippen molar-refractivity contribution in [2.45, 2.75) is 25.3 Å². The van der Waals surface area contributed by atoms with Gasteiger partial charge in [0.15, 0.2) is 0 Å². The SMILES string of the molecule is OC[C@H]1CCc2c1n(Cc1ccc(Cl)cc1)c1c(Br)cc(F)cc21. The van der Waals surface area contributed by atoms with E-state index in [1.807, 2.05) is 24.3 Å². The highest BCUT2D eigenvalue weighted by Crippen LogP contribution is 2.42. The topological polar surface area (TPSA) is 25.2 Å². The van der Waals surface area contributed by atoms with Crippen molar-refractivity contribution in [3.05, 3.63) is 68.5 Å². The molecule has 2 aromatic carbocycles. The summed E-state index contributed by atoms with van der Waals surface area (Å²) in [5.74, 6) is -0.136. The molecule has 1 N–H and O–H groups in total. The average Bonchev–Trinajstić information content (AvgIpc) is 3.09. The van der Waals surface area contributed by atoms with Gasteiger partial charge in [-0.2, -0.15) is 0 Å². The molecule has 1 heterocycles. The van der Waals surface area contributed by atoms with E-state index < -0.39 is 0 Å². The van der Waals surface area contributed by atoms with Crippen molar-refractivity contribution in [3.63, 3.8) is 0 Å². The van der Waals surface area contributed by atoms with Crippen molar-refractivity contribution in [1.82, 2.24) is 4.57 Å². The van der Waals surface area contributed by atoms with Crippen LogP contribution >= 0.6 is 27.5 Å². The van der Waals surface area contributed by atoms with Crippen molar-refractivity contribution in [3.8, 4) is 0 Å². The number of halogens is 3. The molecule has 124 valence electrons. The Balaban J connectivity index is 1.94. The highest BCUT2D eigenvalue weighted by molar-refractivity contribution is 9.10. The maximum atomic E-state index is 13.9. The summed E-state index contributed by atoms with van der Waals surface area (Å²) in [6.45, 7) is 0.785. The van der Waals surface area contributed by atoms with Crippen LogP contribution in [0.3, 0.4) is 0 Å². The van der Waals surface area contributed by atoms with Gasteiger partial charge >= 0.3 is 0 Å². The molecule has 0 amide bonds. The maximum absolute atomic E-state index is 13.9. The molecule has 1 aliphatic rings. The van der Waals surface area contributed by atoms with Crippen molar-refractivity contribution in [1.29, 1.82) is 0 Å². The summed E-state index contributed by atoms with van der Waals surface area (Å²) in [6, 6.07) is 10.9. The van der Waals surface area contributed by atoms with Gasteiger partial charge in [0.2, 0.25) is 0 Å². The van der Waals surface area contributed by atoms with Gasteiger partial charge in [-0.25, -0.2) is 4.39 Å². The van der Waals surface area contributed by atoms with Gasteiger partial charge in [0.25, 0.3) is 0 Å². The van der Waals surface area contributed by atoms with Crippen molar-refractivity contribution >= 4 is 38.4 Å². The third-order valence-corrected chi connectivity index (χ3v) is 5.68. The van der Waals surface area contributed by atoms with Crippen LogP contribution in [0.4, 0.5) is 4.39 Å². The highest BCUT2D eigenvalue weighted by atomic mass is 79.9. The predicted octanol–water partition coefficient (Wildman–Crippen LogP) is 5.27. The smallest absolute Gasteiger partial charge is 0.125 e. The molecule has 1 aliphatic carbocycles. The molecule has 0 saturated carbocycles. The Hall–Kier alpha value is -1.36. The van der Waals surface area contributed by atoms with Crippen molar-refractivity contribution < 1.29 is 9.50 Å². The molecule has 0 aliphatic heterocycles. The Kier molecular flexibility index (Phi) is 4.15. The van der Waals surface area contributed by atoms with E-state index in [0.717, 1.165) is 39.5 Å². The number of hydrogen-bond acceptors (Lipinski definition) is 1. The molecule has 0 spiro atoms. The second kappa shape index (κ2) is 6.17. The van der Waals surface area contributed by atoms with Crippen molar-refractivity contribution in [2.75, 3.05) is 6.61 Å². The summed E-state index contributed by atoms with van der Waals surface area (Å²) in [7, 11) is 0. The Labute approximate surface area is 153 Å². The first kappa shape index (κ1) is 16.1. The first-order valence-electron chi connectivity index (χ1n) is 7.93. The van der Waals surface area contributed by atoms with Gasteiger partial charge in [-0.05, 0) is 64.2 Å². The lowest BCUT2D eigenvalue weighted by Gasteiger charge is -2.15. The summed E-state index contributed by atoms with van der Waals surface area (Å²) < 4.78 is 16.9. The number of aliphatic hydroxyl groups is 1. The molecule has 0 unspecified atom stereocenters. The standard InChI is InChI=1S/C19H16BrClFNO/c20-17-8-14(22)7-16-15-6-3-12(10-24)18(15)23(19(16)17)9-11-1-4-13(21)5-2-11/h1-2,4-5,7-8,12,24H,3,6,9-10H2/t12-/m1/s1. The Morgan fingerprint density at radius 2 is 2.00 bits per heavy atom. The third kappa shape index (κ3) is 2.57. The van der Waals surface area contributed by atoms with Crippen LogP contribution in [0.15, 0.2) is 40.9 Å². The number of aliphatic hydroxyl groups excluding tert-OH is 1. The summed E-state index contributed by atoms with van der Waals surface area (Å²) >= 11 is 9.50. The van der Waals surface area contributed by atoms with Crippen LogP contribution in [0.5, 0.6) is 0 Å². The molecule has 0 radical (unpaired) electrons. The summed E-state index contributed by atoms with van der Waals surface area (Å²) in [5.41, 5.74) is 4.42. The molecule has 0 bridgehead atoms. The second-order valence-electron chi connectivity index (χ2n) is 6.28. The van der Waals surface area contributed by atoms with Gasteiger partial charge in [0, 0.05) is 33.0 Å². The number of aryl methyl sites for hydroxylation is 1. The average molecular weight is 409 g/mol. The normalized spacial score (nSPS) is 16.8. The maximum Gasteiger partial charge on any atom is 0.125 e. The second-order valence-corrected chi connectivity index (χ2v) is 7.57. The monoisotopic (exact) mass is 407 g/mol. The minimum absolute atomic E-state index is 0.106. The Morgan fingerprint density at radius 1 is 1.25 bits per heavy atom. The number of aromatic nitrogens is 1. The molecular weight excluding hydrogens is 393 g/mol. The summed E-state index contributed by atoms with van der Waals surface area (Å²) in [6.07, 6.45) is 1.78. The van der Waals surface area contributed by atoms with Crippen LogP contribution in [0.2, 0.25) is 5.02 Å². The summed E-state index contributed by atoms with van der Waals surface area (Å²) in [5, 5.41) is 11.4. The predicted molar refractivity (Wildman–Crippen MR) is 98.3 cm³/mol. The zero-order valence-corrected chi connectivity index (χ0v) is 15.2. The van der Waals surface area contributed by atoms with Crippen LogP contribution in [-0.2, 0) is 13.0 Å². The van der Waals surface area contributed by atoms with Gasteiger partial charge < -0.3 is 9.67 Å². The number of benzene rings is 2. The van der Waals surface area contributed by atoms with Gasteiger partial charge in [0.05, 0.1) is 12.1 Å². The third-order valence-electron chi connectivity index (χ3n) is 4.83. The van der Waals surface area contributed by atoms with Crippen LogP contribution < -0.4 is 0 Å². The highest BCUT2D eigenvalue weighted by Gasteiger charge is 2.30. The van der Waals surface area contributed by atoms with Crippen LogP contribution in [-0.4, -0.2) is 16.3 Å². The summed E-state index contributed by atoms with van der Waals surface area (Å²) in [4.78, 5) is 0. The zero-order valence-electron chi connectivity index (χ0n) is 12.9. The molecule has 24 heavy (non-hydrogen) atoms. The fraction of sp³-hybridized carbons (Fsp3) is 0.263. The fourth-order valence-corrected chi connectivity index (χ4v) is 4.56. The number of nitrogens with zero attached hydrogens (tertiary/aromatic N) is 1. The van der Waals surface area contributed by atoms with E-state index in [-0.39, 0.29) is 18.3 Å². The molecule has 5 heteroatoms. The van der Waals surface area contributed by atoms with E-state index in [4.69, 9.17) is 11.6 Å². The minimum Gasteiger partial charge on any atom is -0.396 e. The molecule has 0 fully saturated rings. The quantitative estimate of drug-likeness (QED) is 0.628. The lowest BCUT2D eigenvalue weighted by atomic mass is 10.1. The molecular formula is C19H16BrClFNO. The Morgan fingerprint density at radius 3 is 2.71 bits per heavy atom. The van der Waals surface area contributed by atoms with Gasteiger partial charge in [-0.15, -0.1) is 0 Å². The molecule has 4 rings (SSSR count). The van der Waals surface area contributed by atoms with Crippen LogP contribution in [0.25, 0.3) is 10.9 Å². The van der Waals surface area contributed by atoms with E-state index in [9.17, 15) is 9.50 Å². The molecule has 0 saturated heterocycles. The van der Waals surface area contributed by atoms with E-state index in [1.165, 1.54) is 11.6 Å². The molecule has 2 nitrogen and oxygen atoms in total.